The van der Waals surface area contributed by atoms with Gasteiger partial charge in [0.2, 0.25) is 0 Å². The van der Waals surface area contributed by atoms with Crippen LogP contribution in [0.4, 0.5) is 5.69 Å². The summed E-state index contributed by atoms with van der Waals surface area (Å²) in [6, 6.07) is 8.05. The van der Waals surface area contributed by atoms with Crippen LogP contribution in [0.5, 0.6) is 0 Å². The normalized spacial score (nSPS) is 12.8. The molecule has 10 nitrogen and oxygen atoms in total. The third-order valence-electron chi connectivity index (χ3n) is 1.58. The molecule has 2 rings (SSSR count). The zero-order chi connectivity index (χ0) is 16.5. The van der Waals surface area contributed by atoms with Crippen molar-refractivity contribution < 1.29 is 57.8 Å². The molecule has 0 aromatic heterocycles. The SMILES string of the molecule is C1=Cc2ccccc2NN=C1.[O-][Cl+3]([O-])([O-])O.[O-][Cl+3]([O-])([O-])O. The molecule has 0 aliphatic carbocycles. The van der Waals surface area contributed by atoms with Crippen LogP contribution in [-0.2, 0) is 0 Å². The lowest BCUT2D eigenvalue weighted by Crippen LogP contribution is -2.58. The summed E-state index contributed by atoms with van der Waals surface area (Å²) in [5, 5.41) is 3.95. The highest BCUT2D eigenvalue weighted by atomic mass is 35.7. The van der Waals surface area contributed by atoms with Crippen molar-refractivity contribution in [1.82, 2.24) is 0 Å². The molecule has 12 heteroatoms. The summed E-state index contributed by atoms with van der Waals surface area (Å²) < 4.78 is 65.4. The van der Waals surface area contributed by atoms with Gasteiger partial charge in [0.1, 0.15) is 0 Å². The molecule has 0 bridgehead atoms. The second kappa shape index (κ2) is 8.86. The largest absolute Gasteiger partial charge is 0.278 e. The topological polar surface area (TPSA) is 203 Å². The molecule has 1 aliphatic heterocycles. The van der Waals surface area contributed by atoms with Crippen LogP contribution in [0.15, 0.2) is 35.4 Å². The van der Waals surface area contributed by atoms with Crippen LogP contribution in [0.25, 0.3) is 6.08 Å². The highest BCUT2D eigenvalue weighted by molar-refractivity contribution is 5.83. The number of anilines is 1. The fourth-order valence-electron chi connectivity index (χ4n) is 1.04. The van der Waals surface area contributed by atoms with E-state index in [1.807, 2.05) is 36.4 Å². The van der Waals surface area contributed by atoms with Gasteiger partial charge in [0, 0.05) is 6.21 Å². The van der Waals surface area contributed by atoms with Crippen molar-refractivity contribution in [1.29, 1.82) is 0 Å². The lowest BCUT2D eigenvalue weighted by Gasteiger charge is -2.03. The molecule has 0 radical (unpaired) electrons. The molecule has 0 saturated carbocycles. The first-order valence-corrected chi connectivity index (χ1v) is 7.31. The molecule has 21 heavy (non-hydrogen) atoms. The van der Waals surface area contributed by atoms with Crippen molar-refractivity contribution in [3.63, 3.8) is 0 Å². The highest BCUT2D eigenvalue weighted by Gasteiger charge is 1.99. The third-order valence-corrected chi connectivity index (χ3v) is 1.58. The van der Waals surface area contributed by atoms with E-state index < -0.39 is 20.5 Å². The molecular formula is C9H10Cl2N2O8. The molecule has 0 unspecified atom stereocenters. The minimum absolute atomic E-state index is 1.05. The van der Waals surface area contributed by atoms with Crippen molar-refractivity contribution in [2.45, 2.75) is 0 Å². The fraction of sp³-hybridized carbons (Fsp3) is 0. The zero-order valence-electron chi connectivity index (χ0n) is 10.1. The van der Waals surface area contributed by atoms with E-state index in [2.05, 4.69) is 10.5 Å². The Morgan fingerprint density at radius 2 is 1.38 bits per heavy atom. The van der Waals surface area contributed by atoms with Gasteiger partial charge >= 0.3 is 0 Å². The van der Waals surface area contributed by atoms with E-state index in [-0.39, 0.29) is 0 Å². The lowest BCUT2D eigenvalue weighted by molar-refractivity contribution is -1.92. The average Bonchev–Trinajstić information content (AvgIpc) is 2.49. The van der Waals surface area contributed by atoms with Crippen LogP contribution in [0.3, 0.4) is 0 Å². The predicted octanol–water partition coefficient (Wildman–Crippen LogP) is -6.14. The Morgan fingerprint density at radius 3 is 1.90 bits per heavy atom. The van der Waals surface area contributed by atoms with Crippen molar-refractivity contribution in [2.75, 3.05) is 5.43 Å². The summed E-state index contributed by atoms with van der Waals surface area (Å²) in [6.07, 6.45) is 5.68. The second-order valence-corrected chi connectivity index (χ2v) is 4.71. The number of fused-ring (bicyclic) bond motifs is 1. The number of hydrogen-bond acceptors (Lipinski definition) is 10. The molecule has 0 fully saturated rings. The Labute approximate surface area is 123 Å². The summed E-state index contributed by atoms with van der Waals surface area (Å²) in [7, 11) is -9.39. The quantitative estimate of drug-likeness (QED) is 0.408. The summed E-state index contributed by atoms with van der Waals surface area (Å²) in [6.45, 7) is 0. The summed E-state index contributed by atoms with van der Waals surface area (Å²) in [5.74, 6) is 0. The number of halogens is 2. The van der Waals surface area contributed by atoms with Gasteiger partial charge in [-0.05, 0) is 17.7 Å². The van der Waals surface area contributed by atoms with Crippen molar-refractivity contribution in [3.8, 4) is 0 Å². The van der Waals surface area contributed by atoms with Gasteiger partial charge in [0.05, 0.1) is 35.5 Å². The van der Waals surface area contributed by atoms with E-state index in [1.165, 1.54) is 5.56 Å². The van der Waals surface area contributed by atoms with Crippen molar-refractivity contribution in [3.05, 3.63) is 35.9 Å². The standard InChI is InChI=1S/C9H8N2.2ClHO4/c1-2-6-9-8(4-1)5-3-7-10-11-9;2*2-1(3,4)5/h1-7,11H;2*(H,2,3,4,5). The van der Waals surface area contributed by atoms with Crippen LogP contribution in [0, 0.1) is 20.5 Å². The molecular weight excluding hydrogens is 335 g/mol. The molecule has 1 heterocycles. The van der Waals surface area contributed by atoms with Gasteiger partial charge < -0.3 is 0 Å². The monoisotopic (exact) mass is 344 g/mol. The van der Waals surface area contributed by atoms with Gasteiger partial charge in [0.25, 0.3) is 0 Å². The molecule has 0 saturated heterocycles. The van der Waals surface area contributed by atoms with Crippen LogP contribution in [-0.4, -0.2) is 15.5 Å². The number of nitrogens with zero attached hydrogens (tertiary/aromatic N) is 1. The first-order chi connectivity index (χ1) is 9.47. The van der Waals surface area contributed by atoms with E-state index in [9.17, 15) is 0 Å². The lowest BCUT2D eigenvalue weighted by atomic mass is 10.2. The number of para-hydroxylation sites is 1. The Hall–Kier alpha value is -1.31. The second-order valence-electron chi connectivity index (χ2n) is 3.13. The van der Waals surface area contributed by atoms with Crippen LogP contribution in [0.2, 0.25) is 0 Å². The van der Waals surface area contributed by atoms with Gasteiger partial charge in [-0.25, -0.2) is 0 Å². The molecule has 0 atom stereocenters. The van der Waals surface area contributed by atoms with E-state index in [0.717, 1.165) is 5.69 Å². The predicted molar refractivity (Wildman–Crippen MR) is 52.0 cm³/mol. The molecule has 1 aromatic carbocycles. The van der Waals surface area contributed by atoms with Gasteiger partial charge in [-0.2, -0.15) is 33.1 Å². The van der Waals surface area contributed by atoms with Crippen LogP contribution >= 0.6 is 0 Å². The first-order valence-electron chi connectivity index (χ1n) is 4.78. The van der Waals surface area contributed by atoms with Crippen molar-refractivity contribution in [2.24, 2.45) is 5.10 Å². The number of benzene rings is 1. The first kappa shape index (κ1) is 19.7. The van der Waals surface area contributed by atoms with Crippen LogP contribution < -0.4 is 33.4 Å². The Balaban J connectivity index is 0.000000340. The molecule has 1 aromatic rings. The summed E-state index contributed by atoms with van der Waals surface area (Å²) in [4.78, 5) is 0. The van der Waals surface area contributed by atoms with E-state index in [1.54, 1.807) is 6.21 Å². The smallest absolute Gasteiger partial charge is 0.0777 e. The Kier molecular flexibility index (Phi) is 8.31. The maximum atomic E-state index is 8.60. The third kappa shape index (κ3) is 16.6. The van der Waals surface area contributed by atoms with Crippen molar-refractivity contribution >= 4 is 18.0 Å². The van der Waals surface area contributed by atoms with E-state index in [4.69, 9.17) is 37.3 Å². The molecule has 1 aliphatic rings. The van der Waals surface area contributed by atoms with Gasteiger partial charge in [-0.3, -0.25) is 5.43 Å². The van der Waals surface area contributed by atoms with E-state index >= 15 is 0 Å². The van der Waals surface area contributed by atoms with Crippen LogP contribution in [0.1, 0.15) is 5.56 Å². The van der Waals surface area contributed by atoms with Gasteiger partial charge in [-0.15, -0.1) is 0 Å². The highest BCUT2D eigenvalue weighted by Crippen LogP contribution is 2.17. The van der Waals surface area contributed by atoms with Gasteiger partial charge in [0.15, 0.2) is 0 Å². The number of rotatable bonds is 0. The molecule has 0 amide bonds. The number of hydrazone groups is 1. The maximum absolute atomic E-state index is 8.60. The number of hydrogen-bond donors (Lipinski definition) is 3. The molecule has 0 spiro atoms. The Bertz CT molecular complexity index is 459. The zero-order valence-corrected chi connectivity index (χ0v) is 11.6. The van der Waals surface area contributed by atoms with Gasteiger partial charge in [-0.1, -0.05) is 24.3 Å². The summed E-state index contributed by atoms with van der Waals surface area (Å²) in [5.41, 5.74) is 5.16. The Morgan fingerprint density at radius 1 is 0.905 bits per heavy atom. The maximum Gasteiger partial charge on any atom is 0.0777 e. The molecule has 3 N–H and O–H groups in total. The minimum Gasteiger partial charge on any atom is -0.278 e. The molecule has 118 valence electrons. The summed E-state index contributed by atoms with van der Waals surface area (Å²) >= 11 is 0. The van der Waals surface area contributed by atoms with E-state index in [0.29, 0.717) is 0 Å². The number of allylic oxidation sites excluding steroid dienone is 1. The number of nitrogens with one attached hydrogen (secondary N) is 1. The average molecular weight is 345 g/mol. The minimum atomic E-state index is -4.69. The fourth-order valence-corrected chi connectivity index (χ4v) is 1.04.